The monoisotopic (exact) mass is 474 g/mol. The van der Waals surface area contributed by atoms with Gasteiger partial charge in [-0.3, -0.25) is 4.79 Å². The van der Waals surface area contributed by atoms with Crippen molar-refractivity contribution >= 4 is 31.7 Å². The standard InChI is InChI=1S/C17H22ClN2O.C8H14O2.Al/c1-5-13-8-7-9-14(6-2)15(13)17-19-16(18)12(3)20(17)10-11-21-4;1-3-5-6-7-8(9)10-4-2;/h7-9H,3,5-6,10-11H2,1-2,4H3;7H,1,3-6H2,2H3;. The number of halogens is 1. The number of methoxy groups -OCH3 is 1. The zero-order chi connectivity index (χ0) is 23.1. The molecule has 7 heteroatoms. The minimum absolute atomic E-state index is 0.00670. The van der Waals surface area contributed by atoms with E-state index in [1.165, 1.54) is 23.1 Å². The van der Waals surface area contributed by atoms with E-state index in [-0.39, 0.29) is 10.7 Å². The maximum absolute atomic E-state index is 12.7. The van der Waals surface area contributed by atoms with Crippen LogP contribution in [-0.2, 0) is 38.9 Å². The number of carbonyl (C=O) groups excluding carboxylic acids is 1. The Bertz CT molecular complexity index is 893. The molecule has 174 valence electrons. The molecule has 0 saturated carbocycles. The maximum Gasteiger partial charge on any atom is 0.295 e. The first-order chi connectivity index (χ1) is 15.5. The number of carbonyl (C=O) groups is 1. The molecule has 1 fully saturated rings. The van der Waals surface area contributed by atoms with E-state index in [0.29, 0.717) is 24.9 Å². The summed E-state index contributed by atoms with van der Waals surface area (Å²) in [6, 6.07) is 6.50. The van der Waals surface area contributed by atoms with Crippen LogP contribution in [0, 0.1) is 0 Å². The maximum atomic E-state index is 12.7. The third kappa shape index (κ3) is 5.59. The molecule has 2 heterocycles. The number of hydrogen-bond acceptors (Lipinski definition) is 4. The van der Waals surface area contributed by atoms with Gasteiger partial charge in [0.15, 0.2) is 0 Å². The molecule has 1 saturated heterocycles. The van der Waals surface area contributed by atoms with Crippen LogP contribution in [0.2, 0.25) is 15.2 Å². The van der Waals surface area contributed by atoms with Gasteiger partial charge < -0.3 is 14.0 Å². The molecule has 0 bridgehead atoms. The number of aromatic nitrogens is 2. The lowest BCUT2D eigenvalue weighted by Crippen LogP contribution is -2.34. The molecule has 0 aliphatic carbocycles. The summed E-state index contributed by atoms with van der Waals surface area (Å²) in [5.41, 5.74) is 4.85. The molecular weight excluding hydrogens is 439 g/mol. The van der Waals surface area contributed by atoms with Crippen molar-refractivity contribution in [2.24, 2.45) is 0 Å². The Morgan fingerprint density at radius 2 is 1.94 bits per heavy atom. The van der Waals surface area contributed by atoms with Crippen LogP contribution in [0.5, 0.6) is 0 Å². The second-order valence-corrected chi connectivity index (χ2v) is 12.3. The molecule has 1 aliphatic heterocycles. The van der Waals surface area contributed by atoms with Crippen molar-refractivity contribution in [3.8, 4) is 11.4 Å². The van der Waals surface area contributed by atoms with Gasteiger partial charge in [-0.25, -0.2) is 4.98 Å². The van der Waals surface area contributed by atoms with Crippen LogP contribution in [0.4, 0.5) is 0 Å². The van der Waals surface area contributed by atoms with Crippen LogP contribution in [0.15, 0.2) is 18.2 Å². The molecular formula is C25H36AlClN2O3. The number of esters is 1. The quantitative estimate of drug-likeness (QED) is 0.329. The minimum Gasteiger partial charge on any atom is -0.467 e. The highest BCUT2D eigenvalue weighted by Gasteiger charge is 2.38. The molecule has 0 N–H and O–H groups in total. The van der Waals surface area contributed by atoms with Crippen LogP contribution in [-0.4, -0.2) is 50.0 Å². The topological polar surface area (TPSA) is 53.3 Å². The summed E-state index contributed by atoms with van der Waals surface area (Å²) in [6.07, 6.45) is 5.14. The molecule has 0 spiro atoms. The third-order valence-corrected chi connectivity index (χ3v) is 10.8. The third-order valence-electron chi connectivity index (χ3n) is 6.72. The van der Waals surface area contributed by atoms with Gasteiger partial charge in [-0.2, -0.15) is 0 Å². The molecule has 0 radical (unpaired) electrons. The van der Waals surface area contributed by atoms with Crippen molar-refractivity contribution in [2.45, 2.75) is 74.8 Å². The van der Waals surface area contributed by atoms with Crippen LogP contribution < -0.4 is 0 Å². The Kier molecular flexibility index (Phi) is 9.67. The summed E-state index contributed by atoms with van der Waals surface area (Å²) in [5.74, 6) is 0.932. The number of ether oxygens (including phenoxy) is 2. The first-order valence-corrected chi connectivity index (χ1v) is 14.7. The fourth-order valence-electron chi connectivity index (χ4n) is 5.06. The van der Waals surface area contributed by atoms with E-state index in [9.17, 15) is 4.79 Å². The summed E-state index contributed by atoms with van der Waals surface area (Å²) >= 11 is 5.38. The van der Waals surface area contributed by atoms with Crippen LogP contribution in [0.25, 0.3) is 11.4 Å². The number of hydrogen-bond donors (Lipinski definition) is 0. The Balaban J connectivity index is 2.04. The number of nitrogens with zero attached hydrogens (tertiary/aromatic N) is 2. The highest BCUT2D eigenvalue weighted by Crippen LogP contribution is 2.36. The highest BCUT2D eigenvalue weighted by atomic mass is 35.5. The second kappa shape index (κ2) is 12.2. The lowest BCUT2D eigenvalue weighted by atomic mass is 9.97. The number of imidazole rings is 1. The Labute approximate surface area is 201 Å². The van der Waals surface area contributed by atoms with Crippen LogP contribution >= 0.6 is 11.6 Å². The number of aryl methyl sites for hydroxylation is 2. The molecule has 2 aromatic rings. The van der Waals surface area contributed by atoms with Crippen molar-refractivity contribution in [3.05, 3.63) is 40.2 Å². The average molecular weight is 475 g/mol. The van der Waals surface area contributed by atoms with E-state index < -0.39 is 14.1 Å². The molecule has 3 rings (SSSR count). The fraction of sp³-hybridized carbons (Fsp3) is 0.600. The van der Waals surface area contributed by atoms with E-state index in [4.69, 9.17) is 26.1 Å². The van der Waals surface area contributed by atoms with Crippen molar-refractivity contribution in [2.75, 3.05) is 20.3 Å². The summed E-state index contributed by atoms with van der Waals surface area (Å²) in [7, 11) is 1.72. The van der Waals surface area contributed by atoms with Crippen molar-refractivity contribution in [1.82, 2.24) is 9.55 Å². The van der Waals surface area contributed by atoms with E-state index in [1.54, 1.807) is 7.11 Å². The van der Waals surface area contributed by atoms with Crippen LogP contribution in [0.3, 0.4) is 0 Å². The van der Waals surface area contributed by atoms with Crippen molar-refractivity contribution in [3.63, 3.8) is 0 Å². The average Bonchev–Trinajstić information content (AvgIpc) is 3.12. The number of rotatable bonds is 10. The predicted molar refractivity (Wildman–Crippen MR) is 132 cm³/mol. The van der Waals surface area contributed by atoms with Gasteiger partial charge in [0.1, 0.15) is 11.0 Å². The van der Waals surface area contributed by atoms with Gasteiger partial charge in [0.2, 0.25) is 0 Å². The predicted octanol–water partition coefficient (Wildman–Crippen LogP) is 5.67. The Morgan fingerprint density at radius 3 is 2.56 bits per heavy atom. The molecule has 1 aliphatic rings. The lowest BCUT2D eigenvalue weighted by molar-refractivity contribution is -0.143. The van der Waals surface area contributed by atoms with Gasteiger partial charge in [0.05, 0.1) is 13.2 Å². The zero-order valence-corrected chi connectivity index (χ0v) is 21.9. The first kappa shape index (κ1) is 25.3. The molecule has 0 amide bonds. The van der Waals surface area contributed by atoms with Gasteiger partial charge in [0, 0.05) is 29.7 Å². The van der Waals surface area contributed by atoms with Crippen molar-refractivity contribution < 1.29 is 14.3 Å². The summed E-state index contributed by atoms with van der Waals surface area (Å²) in [5, 5.41) is 2.59. The highest BCUT2D eigenvalue weighted by molar-refractivity contribution is 6.64. The van der Waals surface area contributed by atoms with Gasteiger partial charge in [-0.15, -0.1) is 0 Å². The molecule has 1 unspecified atom stereocenters. The van der Waals surface area contributed by atoms with Gasteiger partial charge in [-0.1, -0.05) is 73.5 Å². The smallest absolute Gasteiger partial charge is 0.295 e. The fourth-order valence-corrected chi connectivity index (χ4v) is 9.25. The van der Waals surface area contributed by atoms with E-state index >= 15 is 0 Å². The van der Waals surface area contributed by atoms with Gasteiger partial charge >= 0.3 is 0 Å². The molecule has 5 nitrogen and oxygen atoms in total. The zero-order valence-electron chi connectivity index (χ0n) is 20.0. The molecule has 1 aromatic heterocycles. The lowest BCUT2D eigenvalue weighted by Gasteiger charge is -2.26. The van der Waals surface area contributed by atoms with Crippen LogP contribution in [0.1, 0.15) is 56.9 Å². The summed E-state index contributed by atoms with van der Waals surface area (Å²) in [4.78, 5) is 17.6. The van der Waals surface area contributed by atoms with E-state index in [2.05, 4.69) is 36.6 Å². The SMILES string of the molecule is CCOC(=O)[CH]1CCC[CH2][Al]1[CH2]c1c(Cl)nc(-c2c(CC)cccc2CC)n1CCOC. The normalized spacial score (nSPS) is 16.4. The second-order valence-electron chi connectivity index (χ2n) is 8.58. The summed E-state index contributed by atoms with van der Waals surface area (Å²) in [6.45, 7) is 7.99. The summed E-state index contributed by atoms with van der Waals surface area (Å²) < 4.78 is 13.2. The van der Waals surface area contributed by atoms with Gasteiger partial charge in [0.25, 0.3) is 20.1 Å². The minimum atomic E-state index is -1.43. The first-order valence-electron chi connectivity index (χ1n) is 12.1. The molecule has 32 heavy (non-hydrogen) atoms. The molecule has 1 atom stereocenters. The number of benzene rings is 1. The largest absolute Gasteiger partial charge is 0.467 e. The van der Waals surface area contributed by atoms with E-state index in [1.807, 2.05) is 6.92 Å². The Morgan fingerprint density at radius 1 is 1.22 bits per heavy atom. The molecule has 1 aromatic carbocycles. The van der Waals surface area contributed by atoms with E-state index in [0.717, 1.165) is 47.8 Å². The van der Waals surface area contributed by atoms with Gasteiger partial charge in [-0.05, 0) is 30.9 Å². The van der Waals surface area contributed by atoms with Crippen molar-refractivity contribution in [1.29, 1.82) is 0 Å². The Hall–Kier alpha value is -1.32.